The topological polar surface area (TPSA) is 61.8 Å². The van der Waals surface area contributed by atoms with E-state index in [1.807, 2.05) is 30.3 Å². The van der Waals surface area contributed by atoms with Gasteiger partial charge in [-0.25, -0.2) is 4.39 Å². The molecule has 1 atom stereocenters. The predicted molar refractivity (Wildman–Crippen MR) is 114 cm³/mol. The summed E-state index contributed by atoms with van der Waals surface area (Å²) in [5.41, 5.74) is 1.28. The molecule has 1 unspecified atom stereocenters. The second-order valence-electron chi connectivity index (χ2n) is 7.06. The number of hydrogen-bond donors (Lipinski definition) is 2. The van der Waals surface area contributed by atoms with Gasteiger partial charge in [0.2, 0.25) is 0 Å². The van der Waals surface area contributed by atoms with Crippen LogP contribution in [0.5, 0.6) is 5.75 Å². The highest BCUT2D eigenvalue weighted by atomic mass is 35.5. The predicted octanol–water partition coefficient (Wildman–Crippen LogP) is 2.71. The molecular weight excluding hydrogens is 395 g/mol. The van der Waals surface area contributed by atoms with Crippen molar-refractivity contribution < 1.29 is 19.0 Å². The molecule has 1 fully saturated rings. The molecule has 1 aliphatic rings. The van der Waals surface area contributed by atoms with Gasteiger partial charge in [0.05, 0.1) is 5.56 Å². The molecular formula is C22H28ClFN2O3. The molecule has 0 saturated carbocycles. The minimum Gasteiger partial charge on any atom is -0.490 e. The number of piperazine rings is 1. The van der Waals surface area contributed by atoms with E-state index in [1.165, 1.54) is 18.2 Å². The molecule has 1 aliphatic heterocycles. The van der Waals surface area contributed by atoms with Crippen molar-refractivity contribution in [1.82, 2.24) is 10.2 Å². The summed E-state index contributed by atoms with van der Waals surface area (Å²) in [6.45, 7) is 4.17. The van der Waals surface area contributed by atoms with Crippen LogP contribution in [0.15, 0.2) is 48.5 Å². The fourth-order valence-corrected chi connectivity index (χ4v) is 3.31. The van der Waals surface area contributed by atoms with Gasteiger partial charge in [-0.05, 0) is 30.2 Å². The van der Waals surface area contributed by atoms with Gasteiger partial charge in [-0.2, -0.15) is 0 Å². The molecule has 0 bridgehead atoms. The van der Waals surface area contributed by atoms with Gasteiger partial charge < -0.3 is 15.2 Å². The molecule has 3 rings (SSSR count). The average molecular weight is 423 g/mol. The lowest BCUT2D eigenvalue weighted by atomic mass is 10.0. The summed E-state index contributed by atoms with van der Waals surface area (Å²) in [4.78, 5) is 14.8. The second kappa shape index (κ2) is 11.9. The number of Topliss-reactive ketones (excluding diaryl/α,β-unsaturated/α-hetero) is 1. The summed E-state index contributed by atoms with van der Waals surface area (Å²) >= 11 is 0. The SMILES string of the molecule is Cl.O=C(CCc1ccccc1)c1cc(F)ccc1OCC(O)CN1CCNCC1. The maximum atomic E-state index is 13.7. The highest BCUT2D eigenvalue weighted by Crippen LogP contribution is 2.22. The molecule has 7 heteroatoms. The van der Waals surface area contributed by atoms with Crippen LogP contribution < -0.4 is 10.1 Å². The van der Waals surface area contributed by atoms with E-state index in [2.05, 4.69) is 10.2 Å². The van der Waals surface area contributed by atoms with E-state index >= 15 is 0 Å². The average Bonchev–Trinajstić information content (AvgIpc) is 2.72. The third kappa shape index (κ3) is 7.40. The lowest BCUT2D eigenvalue weighted by Gasteiger charge is -2.29. The first-order valence-corrected chi connectivity index (χ1v) is 9.72. The number of nitrogens with one attached hydrogen (secondary N) is 1. The van der Waals surface area contributed by atoms with Gasteiger partial charge in [0.15, 0.2) is 5.78 Å². The van der Waals surface area contributed by atoms with Crippen molar-refractivity contribution in [2.24, 2.45) is 0 Å². The van der Waals surface area contributed by atoms with Crippen molar-refractivity contribution >= 4 is 18.2 Å². The highest BCUT2D eigenvalue weighted by molar-refractivity contribution is 5.98. The number of carbonyl (C=O) groups excluding carboxylic acids is 1. The van der Waals surface area contributed by atoms with Crippen molar-refractivity contribution in [1.29, 1.82) is 0 Å². The molecule has 0 spiro atoms. The van der Waals surface area contributed by atoms with Crippen molar-refractivity contribution in [2.75, 3.05) is 39.3 Å². The number of β-amino-alcohol motifs (C(OH)–C–C–N with tert-alkyl or cyclic N) is 1. The number of aliphatic hydroxyl groups is 1. The molecule has 1 saturated heterocycles. The molecule has 0 radical (unpaired) electrons. The summed E-state index contributed by atoms with van der Waals surface area (Å²) in [6.07, 6.45) is 0.185. The zero-order chi connectivity index (χ0) is 19.8. The van der Waals surface area contributed by atoms with Gasteiger partial charge in [0, 0.05) is 39.1 Å². The zero-order valence-electron chi connectivity index (χ0n) is 16.4. The van der Waals surface area contributed by atoms with E-state index in [0.29, 0.717) is 18.7 Å². The number of aliphatic hydroxyl groups excluding tert-OH is 1. The molecule has 29 heavy (non-hydrogen) atoms. The van der Waals surface area contributed by atoms with Crippen LogP contribution in [0.2, 0.25) is 0 Å². The summed E-state index contributed by atoms with van der Waals surface area (Å²) < 4.78 is 19.4. The van der Waals surface area contributed by atoms with Crippen molar-refractivity contribution in [3.63, 3.8) is 0 Å². The molecule has 2 N–H and O–H groups in total. The molecule has 1 heterocycles. The minimum absolute atomic E-state index is 0. The lowest BCUT2D eigenvalue weighted by molar-refractivity contribution is 0.0634. The Bertz CT molecular complexity index is 770. The minimum atomic E-state index is -0.671. The van der Waals surface area contributed by atoms with E-state index in [0.717, 1.165) is 31.7 Å². The van der Waals surface area contributed by atoms with Crippen LogP contribution in [0.4, 0.5) is 4.39 Å². The first-order chi connectivity index (χ1) is 13.6. The van der Waals surface area contributed by atoms with E-state index in [9.17, 15) is 14.3 Å². The van der Waals surface area contributed by atoms with Crippen LogP contribution in [0.25, 0.3) is 0 Å². The van der Waals surface area contributed by atoms with Crippen molar-refractivity contribution in [3.8, 4) is 5.75 Å². The monoisotopic (exact) mass is 422 g/mol. The van der Waals surface area contributed by atoms with E-state index in [1.54, 1.807) is 0 Å². The smallest absolute Gasteiger partial charge is 0.167 e. The third-order valence-electron chi connectivity index (χ3n) is 4.84. The number of ether oxygens (including phenoxy) is 1. The Kier molecular flexibility index (Phi) is 9.54. The lowest BCUT2D eigenvalue weighted by Crippen LogP contribution is -2.47. The van der Waals surface area contributed by atoms with E-state index < -0.39 is 11.9 Å². The number of hydrogen-bond acceptors (Lipinski definition) is 5. The Morgan fingerprint density at radius 2 is 1.90 bits per heavy atom. The molecule has 2 aromatic rings. The van der Waals surface area contributed by atoms with Crippen molar-refractivity contribution in [2.45, 2.75) is 18.9 Å². The van der Waals surface area contributed by atoms with Gasteiger partial charge >= 0.3 is 0 Å². The van der Waals surface area contributed by atoms with Crippen LogP contribution >= 0.6 is 12.4 Å². The largest absolute Gasteiger partial charge is 0.490 e. The number of nitrogens with zero attached hydrogens (tertiary/aromatic N) is 1. The van der Waals surface area contributed by atoms with Gasteiger partial charge in [-0.3, -0.25) is 9.69 Å². The van der Waals surface area contributed by atoms with Crippen LogP contribution in [-0.2, 0) is 6.42 Å². The normalized spacial score (nSPS) is 15.4. The summed E-state index contributed by atoms with van der Waals surface area (Å²) in [5.74, 6) is -0.328. The van der Waals surface area contributed by atoms with Crippen molar-refractivity contribution in [3.05, 3.63) is 65.5 Å². The summed E-state index contributed by atoms with van der Waals surface area (Å²) in [5, 5.41) is 13.5. The number of aryl methyl sites for hydroxylation is 1. The van der Waals surface area contributed by atoms with Crippen LogP contribution in [-0.4, -0.2) is 61.2 Å². The number of rotatable bonds is 9. The molecule has 0 aromatic heterocycles. The maximum absolute atomic E-state index is 13.7. The van der Waals surface area contributed by atoms with Gasteiger partial charge in [0.1, 0.15) is 24.3 Å². The third-order valence-corrected chi connectivity index (χ3v) is 4.84. The Morgan fingerprint density at radius 3 is 2.62 bits per heavy atom. The first-order valence-electron chi connectivity index (χ1n) is 9.72. The summed E-state index contributed by atoms with van der Waals surface area (Å²) in [7, 11) is 0. The van der Waals surface area contributed by atoms with Crippen LogP contribution in [0.3, 0.4) is 0 Å². The zero-order valence-corrected chi connectivity index (χ0v) is 17.2. The Labute approximate surface area is 177 Å². The van der Waals surface area contributed by atoms with Gasteiger partial charge in [-0.15, -0.1) is 12.4 Å². The number of halogens is 2. The Balaban J connectivity index is 0.00000300. The number of benzene rings is 2. The Morgan fingerprint density at radius 1 is 1.17 bits per heavy atom. The molecule has 5 nitrogen and oxygen atoms in total. The van der Waals surface area contributed by atoms with Crippen LogP contribution in [0.1, 0.15) is 22.3 Å². The summed E-state index contributed by atoms with van der Waals surface area (Å²) in [6, 6.07) is 13.6. The maximum Gasteiger partial charge on any atom is 0.167 e. The van der Waals surface area contributed by atoms with Gasteiger partial charge in [-0.1, -0.05) is 30.3 Å². The molecule has 0 aliphatic carbocycles. The number of carbonyl (C=O) groups is 1. The fraction of sp³-hybridized carbons (Fsp3) is 0.409. The fourth-order valence-electron chi connectivity index (χ4n) is 3.31. The highest BCUT2D eigenvalue weighted by Gasteiger charge is 2.18. The molecule has 158 valence electrons. The number of ketones is 1. The van der Waals surface area contributed by atoms with E-state index in [-0.39, 0.29) is 36.8 Å². The van der Waals surface area contributed by atoms with E-state index in [4.69, 9.17) is 4.74 Å². The second-order valence-corrected chi connectivity index (χ2v) is 7.06. The standard InChI is InChI=1S/C22H27FN2O3.ClH/c23-18-7-9-22(28-16-19(26)15-25-12-10-24-11-13-25)20(14-18)21(27)8-6-17-4-2-1-3-5-17;/h1-5,7,9,14,19,24,26H,6,8,10-13,15-16H2;1H. The van der Waals surface area contributed by atoms with Gasteiger partial charge in [0.25, 0.3) is 0 Å². The quantitative estimate of drug-likeness (QED) is 0.608. The molecule has 2 aromatic carbocycles. The Hall–Kier alpha value is -1.99. The first kappa shape index (κ1) is 23.3. The molecule has 0 amide bonds. The van der Waals surface area contributed by atoms with Crippen LogP contribution in [0, 0.1) is 5.82 Å².